The van der Waals surface area contributed by atoms with E-state index in [2.05, 4.69) is 26.0 Å². The molecule has 0 aliphatic carbocycles. The first kappa shape index (κ1) is 21.9. The Labute approximate surface area is 183 Å². The smallest absolute Gasteiger partial charge is 0.343 e. The van der Waals surface area contributed by atoms with Crippen molar-refractivity contribution in [1.82, 2.24) is 0 Å². The van der Waals surface area contributed by atoms with Crippen LogP contribution in [0.25, 0.3) is 0 Å². The summed E-state index contributed by atoms with van der Waals surface area (Å²) in [4.78, 5) is 12.3. The minimum Gasteiger partial charge on any atom is -0.488 e. The van der Waals surface area contributed by atoms with E-state index in [9.17, 15) is 4.79 Å². The minimum atomic E-state index is -0.432. The third kappa shape index (κ3) is 5.43. The van der Waals surface area contributed by atoms with Crippen molar-refractivity contribution in [2.24, 2.45) is 0 Å². The van der Waals surface area contributed by atoms with Crippen LogP contribution in [0.5, 0.6) is 11.5 Å². The van der Waals surface area contributed by atoms with Crippen molar-refractivity contribution >= 4 is 17.6 Å². The molecule has 30 heavy (non-hydrogen) atoms. The van der Waals surface area contributed by atoms with Crippen LogP contribution in [0.2, 0.25) is 5.02 Å². The second kappa shape index (κ2) is 8.53. The van der Waals surface area contributed by atoms with Gasteiger partial charge in [-0.1, -0.05) is 55.8 Å². The number of carbonyl (C=O) groups is 1. The van der Waals surface area contributed by atoms with Gasteiger partial charge in [0, 0.05) is 10.4 Å². The average Bonchev–Trinajstić information content (AvgIpc) is 2.67. The summed E-state index contributed by atoms with van der Waals surface area (Å²) in [5.41, 5.74) is 2.27. The van der Waals surface area contributed by atoms with Crippen LogP contribution < -0.4 is 9.47 Å². The maximum absolute atomic E-state index is 12.3. The van der Waals surface area contributed by atoms with E-state index in [0.29, 0.717) is 16.3 Å². The number of esters is 1. The number of halogens is 1. The molecule has 0 amide bonds. The van der Waals surface area contributed by atoms with E-state index in [0.717, 1.165) is 11.3 Å². The first-order valence-electron chi connectivity index (χ1n) is 9.92. The molecule has 156 valence electrons. The number of benzene rings is 3. The van der Waals surface area contributed by atoms with Crippen LogP contribution in [0.1, 0.15) is 56.1 Å². The Morgan fingerprint density at radius 2 is 1.30 bits per heavy atom. The highest BCUT2D eigenvalue weighted by Crippen LogP contribution is 2.34. The predicted molar refractivity (Wildman–Crippen MR) is 122 cm³/mol. The molecule has 0 N–H and O–H groups in total. The second-order valence-corrected chi connectivity index (χ2v) is 9.22. The first-order valence-corrected chi connectivity index (χ1v) is 10.3. The van der Waals surface area contributed by atoms with Gasteiger partial charge in [-0.2, -0.15) is 0 Å². The zero-order chi connectivity index (χ0) is 21.9. The van der Waals surface area contributed by atoms with E-state index in [-0.39, 0.29) is 11.0 Å². The minimum absolute atomic E-state index is 0.213. The Kier molecular flexibility index (Phi) is 6.23. The van der Waals surface area contributed by atoms with Gasteiger partial charge < -0.3 is 9.47 Å². The molecule has 0 atom stereocenters. The van der Waals surface area contributed by atoms with E-state index >= 15 is 0 Å². The van der Waals surface area contributed by atoms with Crippen LogP contribution in [0.4, 0.5) is 0 Å². The number of hydrogen-bond donors (Lipinski definition) is 0. The van der Waals surface area contributed by atoms with Gasteiger partial charge >= 0.3 is 5.97 Å². The summed E-state index contributed by atoms with van der Waals surface area (Å²) in [5.74, 6) is 0.915. The molecule has 0 bridgehead atoms. The largest absolute Gasteiger partial charge is 0.488 e. The van der Waals surface area contributed by atoms with Crippen molar-refractivity contribution in [3.63, 3.8) is 0 Å². The fraction of sp³-hybridized carbons (Fsp3) is 0.269. The molecule has 3 nitrogen and oxygen atoms in total. The van der Waals surface area contributed by atoms with Gasteiger partial charge in [-0.15, -0.1) is 0 Å². The molecule has 0 aliphatic heterocycles. The Hall–Kier alpha value is -2.78. The molecule has 0 fully saturated rings. The van der Waals surface area contributed by atoms with Crippen molar-refractivity contribution in [2.75, 3.05) is 0 Å². The van der Waals surface area contributed by atoms with Crippen LogP contribution in [0.3, 0.4) is 0 Å². The van der Waals surface area contributed by atoms with Gasteiger partial charge in [0.25, 0.3) is 0 Å². The average molecular weight is 423 g/mol. The number of carbonyl (C=O) groups excluding carboxylic acids is 1. The molecule has 0 radical (unpaired) electrons. The quantitative estimate of drug-likeness (QED) is 0.326. The molecule has 0 spiro atoms. The monoisotopic (exact) mass is 422 g/mol. The Balaban J connectivity index is 1.73. The van der Waals surface area contributed by atoms with Gasteiger partial charge in [0.2, 0.25) is 0 Å². The number of rotatable bonds is 5. The Morgan fingerprint density at radius 1 is 0.767 bits per heavy atom. The molecular formula is C26H27ClO3. The molecule has 0 heterocycles. The lowest BCUT2D eigenvalue weighted by Crippen LogP contribution is -2.23. The fourth-order valence-corrected chi connectivity index (χ4v) is 3.37. The van der Waals surface area contributed by atoms with Crippen LogP contribution in [-0.4, -0.2) is 11.6 Å². The molecule has 0 aromatic heterocycles. The van der Waals surface area contributed by atoms with E-state index in [4.69, 9.17) is 21.1 Å². The molecule has 3 aromatic carbocycles. The van der Waals surface area contributed by atoms with Crippen molar-refractivity contribution in [3.05, 3.63) is 94.5 Å². The van der Waals surface area contributed by atoms with Crippen LogP contribution in [0.15, 0.2) is 72.8 Å². The maximum Gasteiger partial charge on any atom is 0.343 e. The van der Waals surface area contributed by atoms with Gasteiger partial charge in [-0.3, -0.25) is 0 Å². The summed E-state index contributed by atoms with van der Waals surface area (Å²) in [5, 5.41) is 0.500. The van der Waals surface area contributed by atoms with E-state index in [1.165, 1.54) is 5.56 Å². The van der Waals surface area contributed by atoms with Gasteiger partial charge in [0.05, 0.1) is 5.56 Å². The van der Waals surface area contributed by atoms with Crippen molar-refractivity contribution in [2.45, 2.75) is 45.6 Å². The fourth-order valence-electron chi connectivity index (χ4n) is 3.18. The zero-order valence-electron chi connectivity index (χ0n) is 18.0. The zero-order valence-corrected chi connectivity index (χ0v) is 18.8. The van der Waals surface area contributed by atoms with Crippen LogP contribution >= 0.6 is 11.6 Å². The first-order chi connectivity index (χ1) is 14.0. The van der Waals surface area contributed by atoms with Gasteiger partial charge in [-0.25, -0.2) is 4.79 Å². The lowest BCUT2D eigenvalue weighted by molar-refractivity contribution is 0.0734. The van der Waals surface area contributed by atoms with E-state index in [1.807, 2.05) is 57.2 Å². The maximum atomic E-state index is 12.3. The molecule has 0 saturated heterocycles. The summed E-state index contributed by atoms with van der Waals surface area (Å²) < 4.78 is 11.4. The van der Waals surface area contributed by atoms with Crippen molar-refractivity contribution in [3.8, 4) is 11.5 Å². The molecule has 3 aromatic rings. The Morgan fingerprint density at radius 3 is 1.80 bits per heavy atom. The van der Waals surface area contributed by atoms with Crippen LogP contribution in [0, 0.1) is 0 Å². The predicted octanol–water partition coefficient (Wildman–Crippen LogP) is 7.06. The third-order valence-corrected chi connectivity index (χ3v) is 5.08. The van der Waals surface area contributed by atoms with Crippen molar-refractivity contribution in [1.29, 1.82) is 0 Å². The summed E-state index contributed by atoms with van der Waals surface area (Å²) in [6.45, 7) is 10.4. The van der Waals surface area contributed by atoms with Crippen LogP contribution in [-0.2, 0) is 5.41 Å². The lowest BCUT2D eigenvalue weighted by Gasteiger charge is -2.27. The molecule has 4 heteroatoms. The summed E-state index contributed by atoms with van der Waals surface area (Å²) in [6.07, 6.45) is 0. The number of hydrogen-bond acceptors (Lipinski definition) is 3. The summed E-state index contributed by atoms with van der Waals surface area (Å²) in [7, 11) is 0. The van der Waals surface area contributed by atoms with Gasteiger partial charge in [0.1, 0.15) is 17.1 Å². The molecule has 3 rings (SSSR count). The lowest BCUT2D eigenvalue weighted by atomic mass is 9.78. The molecule has 0 aliphatic rings. The molecule has 0 saturated carbocycles. The SMILES string of the molecule is CC(C)(C)Oc1ccc(C(C)(C)c2ccc(OC(=O)c3cccc(Cl)c3)cc2)cc1. The van der Waals surface area contributed by atoms with Crippen molar-refractivity contribution < 1.29 is 14.3 Å². The highest BCUT2D eigenvalue weighted by molar-refractivity contribution is 6.30. The third-order valence-electron chi connectivity index (χ3n) is 4.85. The molecule has 0 unspecified atom stereocenters. The van der Waals surface area contributed by atoms with Gasteiger partial charge in [0.15, 0.2) is 0 Å². The standard InChI is InChI=1S/C26H27ClO3/c1-25(2,3)30-23-15-11-20(12-16-23)26(4,5)19-9-13-22(14-10-19)29-24(28)18-7-6-8-21(27)17-18/h6-17H,1-5H3. The highest BCUT2D eigenvalue weighted by Gasteiger charge is 2.24. The normalized spacial score (nSPS) is 11.8. The summed E-state index contributed by atoms with van der Waals surface area (Å²) >= 11 is 5.95. The number of ether oxygens (including phenoxy) is 2. The Bertz CT molecular complexity index is 1010. The van der Waals surface area contributed by atoms with E-state index in [1.54, 1.807) is 24.3 Å². The van der Waals surface area contributed by atoms with Gasteiger partial charge in [-0.05, 0) is 74.4 Å². The summed E-state index contributed by atoms with van der Waals surface area (Å²) in [6, 6.07) is 22.5. The van der Waals surface area contributed by atoms with E-state index < -0.39 is 5.97 Å². The highest BCUT2D eigenvalue weighted by atomic mass is 35.5. The molecular weight excluding hydrogens is 396 g/mol. The topological polar surface area (TPSA) is 35.5 Å². The second-order valence-electron chi connectivity index (χ2n) is 8.79.